The Morgan fingerprint density at radius 1 is 1.50 bits per heavy atom. The number of morpholine rings is 1. The van der Waals surface area contributed by atoms with Gasteiger partial charge in [0.25, 0.3) is 0 Å². The summed E-state index contributed by atoms with van der Waals surface area (Å²) in [5, 5.41) is 7.54. The lowest BCUT2D eigenvalue weighted by molar-refractivity contribution is -0.107. The molecule has 0 bridgehead atoms. The van der Waals surface area contributed by atoms with E-state index in [1.807, 2.05) is 19.1 Å². The van der Waals surface area contributed by atoms with Crippen LogP contribution in [0.1, 0.15) is 19.4 Å². The molecule has 1 aliphatic heterocycles. The zero-order valence-electron chi connectivity index (χ0n) is 12.1. The van der Waals surface area contributed by atoms with Crippen LogP contribution in [0, 0.1) is 6.92 Å². The van der Waals surface area contributed by atoms with Crippen LogP contribution in [-0.4, -0.2) is 46.0 Å². The highest BCUT2D eigenvalue weighted by Gasteiger charge is 2.28. The molecule has 1 atom stereocenters. The molecule has 0 amide bonds. The number of rotatable bonds is 3. The number of hydrogen-bond donors (Lipinski definition) is 1. The first-order valence-electron chi connectivity index (χ1n) is 6.85. The highest BCUT2D eigenvalue weighted by atomic mass is 16.6. The van der Waals surface area contributed by atoms with Crippen LogP contribution in [0.3, 0.4) is 0 Å². The minimum Gasteiger partial charge on any atom is -0.475 e. The molecule has 0 aliphatic carbocycles. The molecule has 6 heteroatoms. The SMILES string of the molecule is Cc1cc(OCC2CNCC(C)(C)O2)n2ncnc2c1. The molecule has 0 saturated carbocycles. The second kappa shape index (κ2) is 5.03. The highest BCUT2D eigenvalue weighted by molar-refractivity contribution is 5.43. The quantitative estimate of drug-likeness (QED) is 0.912. The van der Waals surface area contributed by atoms with E-state index in [0.29, 0.717) is 12.5 Å². The van der Waals surface area contributed by atoms with Crippen LogP contribution in [0.4, 0.5) is 0 Å². The molecule has 1 saturated heterocycles. The maximum absolute atomic E-state index is 5.99. The van der Waals surface area contributed by atoms with Crippen molar-refractivity contribution in [1.29, 1.82) is 0 Å². The fraction of sp³-hybridized carbons (Fsp3) is 0.571. The number of aromatic nitrogens is 3. The van der Waals surface area contributed by atoms with E-state index in [-0.39, 0.29) is 11.7 Å². The maximum atomic E-state index is 5.99. The fourth-order valence-electron chi connectivity index (χ4n) is 2.46. The number of ether oxygens (including phenoxy) is 2. The van der Waals surface area contributed by atoms with Gasteiger partial charge in [0.15, 0.2) is 5.65 Å². The van der Waals surface area contributed by atoms with Gasteiger partial charge in [-0.3, -0.25) is 0 Å². The van der Waals surface area contributed by atoms with E-state index < -0.39 is 0 Å². The van der Waals surface area contributed by atoms with Crippen molar-refractivity contribution < 1.29 is 9.47 Å². The molecule has 2 aromatic rings. The van der Waals surface area contributed by atoms with Crippen LogP contribution in [-0.2, 0) is 4.74 Å². The van der Waals surface area contributed by atoms with Gasteiger partial charge in [-0.25, -0.2) is 4.98 Å². The summed E-state index contributed by atoms with van der Waals surface area (Å²) in [7, 11) is 0. The molecule has 20 heavy (non-hydrogen) atoms. The van der Waals surface area contributed by atoms with Crippen molar-refractivity contribution in [1.82, 2.24) is 19.9 Å². The predicted molar refractivity (Wildman–Crippen MR) is 75.0 cm³/mol. The summed E-state index contributed by atoms with van der Waals surface area (Å²) in [6.07, 6.45) is 1.57. The van der Waals surface area contributed by atoms with Crippen molar-refractivity contribution in [2.45, 2.75) is 32.5 Å². The Morgan fingerprint density at radius 2 is 2.35 bits per heavy atom. The van der Waals surface area contributed by atoms with E-state index in [9.17, 15) is 0 Å². The minimum atomic E-state index is -0.151. The average molecular weight is 276 g/mol. The normalized spacial score (nSPS) is 22.1. The number of nitrogens with zero attached hydrogens (tertiary/aromatic N) is 3. The monoisotopic (exact) mass is 276 g/mol. The van der Waals surface area contributed by atoms with Gasteiger partial charge in [0, 0.05) is 19.2 Å². The first-order valence-corrected chi connectivity index (χ1v) is 6.85. The summed E-state index contributed by atoms with van der Waals surface area (Å²) in [6.45, 7) is 8.33. The predicted octanol–water partition coefficient (Wildman–Crippen LogP) is 1.18. The zero-order valence-corrected chi connectivity index (χ0v) is 12.1. The molecule has 108 valence electrons. The zero-order chi connectivity index (χ0) is 14.2. The van der Waals surface area contributed by atoms with E-state index in [4.69, 9.17) is 9.47 Å². The molecule has 2 aromatic heterocycles. The average Bonchev–Trinajstić information content (AvgIpc) is 2.82. The Kier molecular flexibility index (Phi) is 3.35. The van der Waals surface area contributed by atoms with Crippen molar-refractivity contribution in [3.05, 3.63) is 24.0 Å². The largest absolute Gasteiger partial charge is 0.475 e. The van der Waals surface area contributed by atoms with Crippen molar-refractivity contribution >= 4 is 5.65 Å². The van der Waals surface area contributed by atoms with Crippen LogP contribution < -0.4 is 10.1 Å². The molecule has 6 nitrogen and oxygen atoms in total. The standard InChI is InChI=1S/C14H20N4O2/c1-10-4-12-16-9-17-18(12)13(5-10)19-7-11-6-15-8-14(2,3)20-11/h4-5,9,11,15H,6-8H2,1-3H3. The molecule has 0 aromatic carbocycles. The molecule has 0 spiro atoms. The topological polar surface area (TPSA) is 60.7 Å². The first-order chi connectivity index (χ1) is 9.53. The Balaban J connectivity index is 1.72. The van der Waals surface area contributed by atoms with Crippen LogP contribution >= 0.6 is 0 Å². The van der Waals surface area contributed by atoms with Crippen LogP contribution in [0.2, 0.25) is 0 Å². The molecule has 1 fully saturated rings. The van der Waals surface area contributed by atoms with Gasteiger partial charge in [0.2, 0.25) is 5.88 Å². The number of hydrogen-bond acceptors (Lipinski definition) is 5. The van der Waals surface area contributed by atoms with E-state index in [2.05, 4.69) is 29.2 Å². The summed E-state index contributed by atoms with van der Waals surface area (Å²) >= 11 is 0. The van der Waals surface area contributed by atoms with Gasteiger partial charge in [0.05, 0.1) is 5.60 Å². The molecule has 1 aliphatic rings. The molecule has 1 N–H and O–H groups in total. The smallest absolute Gasteiger partial charge is 0.216 e. The molecular weight excluding hydrogens is 256 g/mol. The summed E-state index contributed by atoms with van der Waals surface area (Å²) < 4.78 is 13.6. The molecule has 1 unspecified atom stereocenters. The van der Waals surface area contributed by atoms with Gasteiger partial charge in [-0.05, 0) is 32.4 Å². The minimum absolute atomic E-state index is 0.0397. The summed E-state index contributed by atoms with van der Waals surface area (Å²) in [4.78, 5) is 4.19. The van der Waals surface area contributed by atoms with Gasteiger partial charge >= 0.3 is 0 Å². The first kappa shape index (κ1) is 13.3. The van der Waals surface area contributed by atoms with Crippen LogP contribution in [0.5, 0.6) is 5.88 Å². The molecule has 3 heterocycles. The second-order valence-electron chi connectivity index (χ2n) is 5.84. The van der Waals surface area contributed by atoms with Crippen molar-refractivity contribution in [3.63, 3.8) is 0 Å². The van der Waals surface area contributed by atoms with Gasteiger partial charge in [-0.1, -0.05) is 0 Å². The molecular formula is C14H20N4O2. The Labute approximate surface area is 118 Å². The Hall–Kier alpha value is -1.66. The van der Waals surface area contributed by atoms with Gasteiger partial charge in [-0.15, -0.1) is 0 Å². The number of aryl methyl sites for hydroxylation is 1. The van der Waals surface area contributed by atoms with E-state index in [1.54, 1.807) is 4.52 Å². The fourth-order valence-corrected chi connectivity index (χ4v) is 2.46. The third-order valence-corrected chi connectivity index (χ3v) is 3.32. The lowest BCUT2D eigenvalue weighted by Crippen LogP contribution is -2.52. The molecule has 3 rings (SSSR count). The number of fused-ring (bicyclic) bond motifs is 1. The summed E-state index contributed by atoms with van der Waals surface area (Å²) in [5.41, 5.74) is 1.74. The lowest BCUT2D eigenvalue weighted by Gasteiger charge is -2.36. The van der Waals surface area contributed by atoms with Crippen molar-refractivity contribution in [3.8, 4) is 5.88 Å². The second-order valence-corrected chi connectivity index (χ2v) is 5.84. The molecule has 0 radical (unpaired) electrons. The Bertz CT molecular complexity index is 608. The van der Waals surface area contributed by atoms with Gasteiger partial charge < -0.3 is 14.8 Å². The van der Waals surface area contributed by atoms with Crippen LogP contribution in [0.15, 0.2) is 18.5 Å². The van der Waals surface area contributed by atoms with Crippen LogP contribution in [0.25, 0.3) is 5.65 Å². The third-order valence-electron chi connectivity index (χ3n) is 3.32. The third kappa shape index (κ3) is 2.76. The van der Waals surface area contributed by atoms with E-state index in [0.717, 1.165) is 24.3 Å². The number of pyridine rings is 1. The van der Waals surface area contributed by atoms with E-state index >= 15 is 0 Å². The van der Waals surface area contributed by atoms with Gasteiger partial charge in [-0.2, -0.15) is 9.61 Å². The lowest BCUT2D eigenvalue weighted by atomic mass is 10.1. The number of nitrogens with one attached hydrogen (secondary N) is 1. The summed E-state index contributed by atoms with van der Waals surface area (Å²) in [5.74, 6) is 0.699. The van der Waals surface area contributed by atoms with Crippen molar-refractivity contribution in [2.75, 3.05) is 19.7 Å². The van der Waals surface area contributed by atoms with Crippen molar-refractivity contribution in [2.24, 2.45) is 0 Å². The van der Waals surface area contributed by atoms with E-state index in [1.165, 1.54) is 6.33 Å². The summed E-state index contributed by atoms with van der Waals surface area (Å²) in [6, 6.07) is 3.94. The maximum Gasteiger partial charge on any atom is 0.216 e. The van der Waals surface area contributed by atoms with Gasteiger partial charge in [0.1, 0.15) is 19.0 Å². The Morgan fingerprint density at radius 3 is 3.15 bits per heavy atom. The highest BCUT2D eigenvalue weighted by Crippen LogP contribution is 2.18.